The molecule has 1 aromatic heterocycles. The Kier molecular flexibility index (Phi) is 17.3. The van der Waals surface area contributed by atoms with E-state index in [0.29, 0.717) is 87.4 Å². The van der Waals surface area contributed by atoms with Crippen molar-refractivity contribution in [2.45, 2.75) is 145 Å². The average molecular weight is 1240 g/mol. The van der Waals surface area contributed by atoms with Gasteiger partial charge in [0.2, 0.25) is 17.4 Å². The Morgan fingerprint density at radius 1 is 0.929 bits per heavy atom. The average Bonchev–Trinajstić information content (AvgIpc) is 1.54. The predicted molar refractivity (Wildman–Crippen MR) is 305 cm³/mol. The van der Waals surface area contributed by atoms with Crippen molar-refractivity contribution in [3.8, 4) is 5.75 Å². The zero-order valence-electron chi connectivity index (χ0n) is 49.8. The van der Waals surface area contributed by atoms with Gasteiger partial charge in [0.1, 0.15) is 42.4 Å². The Morgan fingerprint density at radius 3 is 2.31 bits per heavy atom. The monoisotopic (exact) mass is 1240 g/mol. The number of rotatable bonds is 18. The van der Waals surface area contributed by atoms with Crippen molar-refractivity contribution in [1.82, 2.24) is 25.4 Å². The maximum absolute atomic E-state index is 15.8. The van der Waals surface area contributed by atoms with Crippen molar-refractivity contribution >= 4 is 64.2 Å². The molecule has 2 aromatic carbocycles. The molecule has 10 rings (SSSR count). The summed E-state index contributed by atoms with van der Waals surface area (Å²) in [6, 6.07) is 6.37. The number of nitrogens with one attached hydrogen (secondary N) is 3. The minimum atomic E-state index is -2.40. The van der Waals surface area contributed by atoms with E-state index in [9.17, 15) is 44.1 Å². The molecule has 2 saturated heterocycles. The number of carbonyl (C=O) groups is 8. The van der Waals surface area contributed by atoms with Gasteiger partial charge < -0.3 is 81.1 Å². The maximum Gasteiger partial charge on any atom is 0.344 e. The number of esters is 3. The molecule has 23 heteroatoms. The molecule has 460 valence electrons. The number of anilines is 1. The van der Waals surface area contributed by atoms with Gasteiger partial charge in [0, 0.05) is 89.3 Å². The lowest BCUT2D eigenvalue weighted by Crippen LogP contribution is -3.00. The summed E-state index contributed by atoms with van der Waals surface area (Å²) < 4.78 is 24.5. The summed E-state index contributed by atoms with van der Waals surface area (Å²) in [6.07, 6.45) is 6.92. The minimum absolute atomic E-state index is 0. The molecule has 7 heterocycles. The van der Waals surface area contributed by atoms with Crippen LogP contribution in [0.1, 0.15) is 108 Å². The fourth-order valence-corrected chi connectivity index (χ4v) is 16.7. The lowest BCUT2D eigenvalue weighted by molar-refractivity contribution is -0.934. The number of aliphatic carboxylic acids is 2. The standard InChI is InChI=1S/C62H79N7O15.BrH/c1-10-34(4)49(52(75)64-43(53(76)77)27-48(72)73)65-51(74)44-19-15-23-68(44)47(71)33-69-30-36(11-2)25-37(31-69)29-61(57(78)82-8,50-39(32-69)38-17-13-14-18-42(38)63-50)41-26-40-45(28-46(41)81-7)66(6)55-60(40)21-24-67-22-16-20-59(12-3,54(60)67)56(84-35(5)70)62(55,80)58(79)83-9;/h13-14,16-18,20,25-26,28,34,37,43-44,49,54-56,63,80H,10-12,15,19,21-24,27,29-33H2,1-9H3,(H3-,64,65,72,73,74,75,76,77);1H/t34-,37+,43-,44-,49-,54-,55+,56+,59+,60+,61-,62-,69?;/m0./s1. The molecule has 1 unspecified atom stereocenters. The van der Waals surface area contributed by atoms with Crippen LogP contribution in [0.4, 0.5) is 5.69 Å². The second kappa shape index (κ2) is 23.5. The van der Waals surface area contributed by atoms with Crippen LogP contribution in [0.2, 0.25) is 0 Å². The van der Waals surface area contributed by atoms with Crippen LogP contribution in [0.15, 0.2) is 60.2 Å². The van der Waals surface area contributed by atoms with Crippen molar-refractivity contribution in [3.63, 3.8) is 0 Å². The summed E-state index contributed by atoms with van der Waals surface area (Å²) in [5, 5.41) is 38.5. The minimum Gasteiger partial charge on any atom is -1.00 e. The van der Waals surface area contributed by atoms with Crippen LogP contribution in [-0.4, -0.2) is 192 Å². The van der Waals surface area contributed by atoms with Crippen LogP contribution in [0, 0.1) is 17.3 Å². The number of aliphatic hydroxyl groups is 1. The van der Waals surface area contributed by atoms with Gasteiger partial charge in [-0.15, -0.1) is 0 Å². The van der Waals surface area contributed by atoms with Crippen molar-refractivity contribution in [2.75, 3.05) is 72.5 Å². The summed E-state index contributed by atoms with van der Waals surface area (Å²) in [4.78, 5) is 120. The maximum atomic E-state index is 15.8. The van der Waals surface area contributed by atoms with Crippen molar-refractivity contribution in [1.29, 1.82) is 0 Å². The van der Waals surface area contributed by atoms with Gasteiger partial charge >= 0.3 is 29.8 Å². The van der Waals surface area contributed by atoms with E-state index in [0.717, 1.165) is 27.6 Å². The molecule has 6 N–H and O–H groups in total. The Balaban J connectivity index is 0.00000865. The van der Waals surface area contributed by atoms with E-state index >= 15 is 9.59 Å². The quantitative estimate of drug-likeness (QED) is 0.0446. The smallest absolute Gasteiger partial charge is 0.344 e. The number of amides is 3. The number of hydrogen-bond donors (Lipinski definition) is 6. The lowest BCUT2D eigenvalue weighted by atomic mass is 9.47. The molecule has 1 aliphatic carbocycles. The number of likely N-dealkylation sites (tertiary alicyclic amines) is 1. The molecule has 2 bridgehead atoms. The molecule has 0 radical (unpaired) electrons. The van der Waals surface area contributed by atoms with E-state index < -0.39 is 112 Å². The number of hydrogen-bond acceptors (Lipinski definition) is 15. The highest BCUT2D eigenvalue weighted by atomic mass is 79.9. The van der Waals surface area contributed by atoms with Gasteiger partial charge in [-0.25, -0.2) is 9.59 Å². The number of benzene rings is 2. The number of para-hydroxylation sites is 1. The number of carbonyl (C=O) groups excluding carboxylic acids is 6. The van der Waals surface area contributed by atoms with Gasteiger partial charge in [-0.1, -0.05) is 70.5 Å². The van der Waals surface area contributed by atoms with Crippen LogP contribution < -0.4 is 37.3 Å². The largest absolute Gasteiger partial charge is 1.00 e. The van der Waals surface area contributed by atoms with Gasteiger partial charge in [-0.2, -0.15) is 0 Å². The zero-order valence-corrected chi connectivity index (χ0v) is 51.4. The van der Waals surface area contributed by atoms with E-state index in [1.54, 1.807) is 18.9 Å². The van der Waals surface area contributed by atoms with Gasteiger partial charge in [-0.05, 0) is 74.3 Å². The van der Waals surface area contributed by atoms with Crippen LogP contribution in [0.3, 0.4) is 0 Å². The Hall–Kier alpha value is -6.82. The molecule has 6 aliphatic heterocycles. The highest BCUT2D eigenvalue weighted by molar-refractivity contribution is 5.96. The topological polar surface area (TPSA) is 284 Å². The highest BCUT2D eigenvalue weighted by Crippen LogP contribution is 2.68. The van der Waals surface area contributed by atoms with Gasteiger partial charge in [-0.3, -0.25) is 33.7 Å². The van der Waals surface area contributed by atoms with Gasteiger partial charge in [0.25, 0.3) is 5.91 Å². The number of H-pyrrole nitrogens is 1. The molecule has 3 amide bonds. The fraction of sp³-hybridized carbons (Fsp3) is 0.581. The number of nitrogens with zero attached hydrogens (tertiary/aromatic N) is 4. The van der Waals surface area contributed by atoms with E-state index in [1.165, 1.54) is 21.1 Å². The Bertz CT molecular complexity index is 3280. The molecular formula is C62H80BrN7O15. The number of likely N-dealkylation sites (N-methyl/N-ethyl adjacent to an activating group) is 1. The summed E-state index contributed by atoms with van der Waals surface area (Å²) in [5.74, 6) is -7.30. The number of aromatic amines is 1. The van der Waals surface area contributed by atoms with Crippen molar-refractivity contribution in [2.24, 2.45) is 17.3 Å². The first kappa shape index (κ1) is 62.7. The first-order valence-electron chi connectivity index (χ1n) is 29.4. The van der Waals surface area contributed by atoms with Gasteiger partial charge in [0.15, 0.2) is 12.6 Å². The molecule has 7 aliphatic rings. The number of quaternary nitrogens is 1. The molecule has 22 nitrogen and oxygen atoms in total. The normalized spacial score (nSPS) is 30.8. The van der Waals surface area contributed by atoms with Crippen LogP contribution >= 0.6 is 0 Å². The second-order valence-corrected chi connectivity index (χ2v) is 24.6. The lowest BCUT2D eigenvalue weighted by Gasteiger charge is -2.63. The molecule has 3 aromatic rings. The molecule has 1 saturated carbocycles. The van der Waals surface area contributed by atoms with E-state index in [4.69, 9.17) is 18.9 Å². The molecule has 13 atom stereocenters. The summed E-state index contributed by atoms with van der Waals surface area (Å²) in [5.41, 5.74) is -1.03. The summed E-state index contributed by atoms with van der Waals surface area (Å²) in [6.45, 7) is 11.4. The zero-order chi connectivity index (χ0) is 60.6. The van der Waals surface area contributed by atoms with E-state index in [2.05, 4.69) is 33.5 Å². The third-order valence-corrected chi connectivity index (χ3v) is 20.2. The van der Waals surface area contributed by atoms with Gasteiger partial charge in [0.05, 0.1) is 40.3 Å². The third kappa shape index (κ3) is 9.78. The first-order chi connectivity index (χ1) is 40.0. The van der Waals surface area contributed by atoms with Crippen molar-refractivity contribution in [3.05, 3.63) is 82.6 Å². The SMILES string of the molecule is CCC1=C[C@@H]2C[C@](C(=O)OC)(c3cc4c(cc3OC)N(C)[C@H]3[C@@](O)(C(=O)OC)[C@H](OC(C)=O)[C@]5(CC)C=CCN6CC[C@]43[C@@H]65)c3[nH]c4ccccc4c3C[N+](CC(=O)N3CCC[C@H]3C(=O)N[C@H](C(=O)N[C@@H](CC(=O)O)C(=O)O)[C@@H](C)CC)(C1)C2.[Br-]. The highest BCUT2D eigenvalue weighted by Gasteiger charge is 2.80. The summed E-state index contributed by atoms with van der Waals surface area (Å²) in [7, 11) is 5.96. The van der Waals surface area contributed by atoms with E-state index in [-0.39, 0.29) is 59.3 Å². The number of fused-ring (bicyclic) bond motifs is 6. The molecule has 1 spiro atoms. The van der Waals surface area contributed by atoms with Crippen LogP contribution in [-0.2, 0) is 69.9 Å². The molecule has 3 fully saturated rings. The fourth-order valence-electron chi connectivity index (χ4n) is 16.7. The van der Waals surface area contributed by atoms with Crippen LogP contribution in [0.5, 0.6) is 5.75 Å². The number of carboxylic acids is 2. The van der Waals surface area contributed by atoms with E-state index in [1.807, 2.05) is 74.3 Å². The number of carboxylic acid groups (broad SMARTS) is 2. The number of halogens is 1. The Morgan fingerprint density at radius 2 is 1.66 bits per heavy atom. The Labute approximate surface area is 504 Å². The third-order valence-electron chi connectivity index (χ3n) is 20.2. The number of aromatic nitrogens is 1. The molecular weight excluding hydrogens is 1160 g/mol. The number of ether oxygens (including phenoxy) is 4. The first-order valence-corrected chi connectivity index (χ1v) is 29.4. The second-order valence-electron chi connectivity index (χ2n) is 24.6. The van der Waals surface area contributed by atoms with Crippen LogP contribution in [0.25, 0.3) is 10.9 Å². The predicted octanol–water partition coefficient (Wildman–Crippen LogP) is 0.838. The van der Waals surface area contributed by atoms with Crippen molar-refractivity contribution < 1.29 is 94.1 Å². The number of methoxy groups -OCH3 is 3. The molecule has 85 heavy (non-hydrogen) atoms. The summed E-state index contributed by atoms with van der Waals surface area (Å²) >= 11 is 0.